The zero-order chi connectivity index (χ0) is 33.7. The van der Waals surface area contributed by atoms with E-state index in [0.29, 0.717) is 35.0 Å². The molecule has 5 aromatic rings. The first kappa shape index (κ1) is 33.7. The Morgan fingerprint density at radius 3 is 2.36 bits per heavy atom. The molecule has 2 heterocycles. The molecule has 9 nitrogen and oxygen atoms in total. The fourth-order valence-corrected chi connectivity index (χ4v) is 5.96. The number of ketones is 1. The summed E-state index contributed by atoms with van der Waals surface area (Å²) in [6, 6.07) is 19.9. The molecule has 0 saturated carbocycles. The number of hydrogen-bond donors (Lipinski definition) is 1. The molecule has 5 rings (SSSR count). The SMILES string of the molecule is COc1cc(OC)c(Cl)c(-c2cc3cnc(Nc4ccccc4)nc3n(C(C)c3cccc(CC(=O)/C=C/CN(C)C)c3)c2=O)c1Cl. The van der Waals surface area contributed by atoms with Crippen LogP contribution in [0, 0.1) is 0 Å². The fourth-order valence-electron chi connectivity index (χ4n) is 5.26. The second-order valence-electron chi connectivity index (χ2n) is 11.2. The van der Waals surface area contributed by atoms with Crippen LogP contribution in [0.15, 0.2) is 89.9 Å². The number of carbonyl (C=O) groups is 1. The summed E-state index contributed by atoms with van der Waals surface area (Å²) in [4.78, 5) is 38.6. The van der Waals surface area contributed by atoms with Crippen LogP contribution in [0.5, 0.6) is 11.5 Å². The zero-order valence-corrected chi connectivity index (χ0v) is 28.3. The molecule has 3 aromatic carbocycles. The maximum absolute atomic E-state index is 14.6. The van der Waals surface area contributed by atoms with Crippen LogP contribution < -0.4 is 20.3 Å². The minimum absolute atomic E-state index is 0.0121. The Bertz CT molecular complexity index is 1980. The third kappa shape index (κ3) is 7.49. The first-order chi connectivity index (χ1) is 22.6. The highest BCUT2D eigenvalue weighted by Crippen LogP contribution is 2.45. The number of methoxy groups -OCH3 is 2. The van der Waals surface area contributed by atoms with Gasteiger partial charge in [-0.25, -0.2) is 4.98 Å². The molecule has 0 aliphatic rings. The number of para-hydroxylation sites is 1. The second-order valence-corrected chi connectivity index (χ2v) is 12.0. The van der Waals surface area contributed by atoms with Crippen molar-refractivity contribution >= 4 is 51.7 Å². The van der Waals surface area contributed by atoms with E-state index in [9.17, 15) is 9.59 Å². The number of allylic oxidation sites excluding steroid dienone is 1. The summed E-state index contributed by atoms with van der Waals surface area (Å²) in [6.45, 7) is 2.58. The Morgan fingerprint density at radius 1 is 1.00 bits per heavy atom. The number of pyridine rings is 1. The van der Waals surface area contributed by atoms with Gasteiger partial charge >= 0.3 is 0 Å². The van der Waals surface area contributed by atoms with Crippen LogP contribution in [0.2, 0.25) is 10.0 Å². The predicted octanol–water partition coefficient (Wildman–Crippen LogP) is 7.36. The Balaban J connectivity index is 1.68. The Hall–Kier alpha value is -4.70. The van der Waals surface area contributed by atoms with Gasteiger partial charge in [-0.2, -0.15) is 4.98 Å². The number of fused-ring (bicyclic) bond motifs is 1. The van der Waals surface area contributed by atoms with Crippen molar-refractivity contribution in [3.05, 3.63) is 117 Å². The van der Waals surface area contributed by atoms with Gasteiger partial charge < -0.3 is 19.7 Å². The third-order valence-corrected chi connectivity index (χ3v) is 8.37. The van der Waals surface area contributed by atoms with Gasteiger partial charge in [0.05, 0.1) is 35.9 Å². The number of likely N-dealkylation sites (N-methyl/N-ethyl adjacent to an activating group) is 1. The molecular formula is C36H35Cl2N5O4. The largest absolute Gasteiger partial charge is 0.495 e. The summed E-state index contributed by atoms with van der Waals surface area (Å²) >= 11 is 13.6. The number of hydrogen-bond acceptors (Lipinski definition) is 8. The van der Waals surface area contributed by atoms with Crippen molar-refractivity contribution in [3.63, 3.8) is 0 Å². The highest BCUT2D eigenvalue weighted by molar-refractivity contribution is 6.41. The normalized spacial score (nSPS) is 12.1. The van der Waals surface area contributed by atoms with Gasteiger partial charge in [-0.15, -0.1) is 0 Å². The molecule has 0 aliphatic heterocycles. The maximum Gasteiger partial charge on any atom is 0.260 e. The number of anilines is 2. The van der Waals surface area contributed by atoms with Gasteiger partial charge in [0, 0.05) is 41.9 Å². The number of nitrogens with zero attached hydrogens (tertiary/aromatic N) is 4. The molecule has 0 aliphatic carbocycles. The predicted molar refractivity (Wildman–Crippen MR) is 189 cm³/mol. The number of nitrogens with one attached hydrogen (secondary N) is 1. The fraction of sp³-hybridized carbons (Fsp3) is 0.222. The van der Waals surface area contributed by atoms with Crippen molar-refractivity contribution < 1.29 is 14.3 Å². The van der Waals surface area contributed by atoms with E-state index in [1.807, 2.05) is 86.6 Å². The topological polar surface area (TPSA) is 98.6 Å². The summed E-state index contributed by atoms with van der Waals surface area (Å²) < 4.78 is 12.6. The van der Waals surface area contributed by atoms with Crippen molar-refractivity contribution in [2.45, 2.75) is 19.4 Å². The number of halogens is 2. The van der Waals surface area contributed by atoms with Crippen LogP contribution in [0.25, 0.3) is 22.2 Å². The molecule has 1 atom stereocenters. The lowest BCUT2D eigenvalue weighted by Gasteiger charge is -2.21. The maximum atomic E-state index is 14.6. The van der Waals surface area contributed by atoms with Crippen molar-refractivity contribution in [2.75, 3.05) is 40.2 Å². The third-order valence-electron chi connectivity index (χ3n) is 7.62. The van der Waals surface area contributed by atoms with E-state index < -0.39 is 6.04 Å². The highest BCUT2D eigenvalue weighted by Gasteiger charge is 2.25. The standard InChI is InChI=1S/C36H35Cl2N5O4/c1-22(24-12-9-11-23(17-24)18-27(44)15-10-16-42(2)3)43-34-25(21-39-36(41-34)40-26-13-7-6-8-14-26)19-28(35(43)45)31-32(37)29(46-4)20-30(47-5)33(31)38/h6-15,17,19-22H,16,18H2,1-5H3,(H,39,40,41)/b15-10+. The molecule has 0 radical (unpaired) electrons. The Labute approximate surface area is 283 Å². The van der Waals surface area contributed by atoms with E-state index in [4.69, 9.17) is 37.7 Å². The number of rotatable bonds is 12. The first-order valence-corrected chi connectivity index (χ1v) is 15.6. The van der Waals surface area contributed by atoms with Crippen molar-refractivity contribution in [2.24, 2.45) is 0 Å². The summed E-state index contributed by atoms with van der Waals surface area (Å²) in [7, 11) is 6.84. The van der Waals surface area contributed by atoms with E-state index in [-0.39, 0.29) is 38.9 Å². The van der Waals surface area contributed by atoms with Crippen LogP contribution >= 0.6 is 23.2 Å². The van der Waals surface area contributed by atoms with E-state index in [1.165, 1.54) is 14.2 Å². The highest BCUT2D eigenvalue weighted by atomic mass is 35.5. The first-order valence-electron chi connectivity index (χ1n) is 14.9. The average Bonchev–Trinajstić information content (AvgIpc) is 3.05. The van der Waals surface area contributed by atoms with Crippen molar-refractivity contribution in [1.82, 2.24) is 19.4 Å². The van der Waals surface area contributed by atoms with Crippen molar-refractivity contribution in [1.29, 1.82) is 0 Å². The average molecular weight is 673 g/mol. The van der Waals surface area contributed by atoms with Crippen LogP contribution in [-0.2, 0) is 11.2 Å². The molecule has 11 heteroatoms. The van der Waals surface area contributed by atoms with E-state index in [1.54, 1.807) is 29.0 Å². The molecule has 0 amide bonds. The van der Waals surface area contributed by atoms with E-state index in [2.05, 4.69) is 10.3 Å². The molecule has 242 valence electrons. The lowest BCUT2D eigenvalue weighted by atomic mass is 10.00. The lowest BCUT2D eigenvalue weighted by molar-refractivity contribution is -0.114. The summed E-state index contributed by atoms with van der Waals surface area (Å²) in [5.41, 5.74) is 2.94. The van der Waals surface area contributed by atoms with Gasteiger partial charge in [0.15, 0.2) is 5.78 Å². The number of aromatic nitrogens is 3. The molecule has 2 aromatic heterocycles. The molecule has 1 N–H and O–H groups in total. The monoisotopic (exact) mass is 671 g/mol. The number of carbonyl (C=O) groups excluding carboxylic acids is 1. The molecule has 0 saturated heterocycles. The van der Waals surface area contributed by atoms with Gasteiger partial charge in [-0.05, 0) is 56.4 Å². The zero-order valence-electron chi connectivity index (χ0n) is 26.8. The molecule has 0 spiro atoms. The van der Waals surface area contributed by atoms with Crippen LogP contribution in [-0.4, -0.2) is 60.1 Å². The minimum atomic E-state index is -0.520. The van der Waals surface area contributed by atoms with Gasteiger partial charge in [0.1, 0.15) is 17.1 Å². The summed E-state index contributed by atoms with van der Waals surface area (Å²) in [6.07, 6.45) is 5.32. The molecular weight excluding hydrogens is 637 g/mol. The van der Waals surface area contributed by atoms with E-state index >= 15 is 0 Å². The second kappa shape index (κ2) is 14.8. The van der Waals surface area contributed by atoms with Crippen LogP contribution in [0.3, 0.4) is 0 Å². The van der Waals surface area contributed by atoms with Crippen LogP contribution in [0.4, 0.5) is 11.6 Å². The number of benzene rings is 3. The van der Waals surface area contributed by atoms with Gasteiger partial charge in [-0.1, -0.05) is 71.7 Å². The Morgan fingerprint density at radius 2 is 1.70 bits per heavy atom. The molecule has 1 unspecified atom stereocenters. The lowest BCUT2D eigenvalue weighted by Crippen LogP contribution is -2.27. The Kier molecular flexibility index (Phi) is 10.6. The number of ether oxygens (including phenoxy) is 2. The van der Waals surface area contributed by atoms with Gasteiger partial charge in [0.25, 0.3) is 5.56 Å². The molecule has 0 fully saturated rings. The van der Waals surface area contributed by atoms with Gasteiger partial charge in [0.2, 0.25) is 5.95 Å². The van der Waals surface area contributed by atoms with Gasteiger partial charge in [-0.3, -0.25) is 14.2 Å². The van der Waals surface area contributed by atoms with Crippen LogP contribution in [0.1, 0.15) is 24.1 Å². The minimum Gasteiger partial charge on any atom is -0.495 e. The summed E-state index contributed by atoms with van der Waals surface area (Å²) in [5, 5.41) is 4.12. The molecule has 47 heavy (non-hydrogen) atoms. The summed E-state index contributed by atoms with van der Waals surface area (Å²) in [5.74, 6) is 0.914. The van der Waals surface area contributed by atoms with E-state index in [0.717, 1.165) is 16.8 Å². The molecule has 0 bridgehead atoms. The van der Waals surface area contributed by atoms with Crippen molar-refractivity contribution in [3.8, 4) is 22.6 Å². The quantitative estimate of drug-likeness (QED) is 0.137. The smallest absolute Gasteiger partial charge is 0.260 e.